The number of benzene rings is 5. The Morgan fingerprint density at radius 2 is 1.15 bits per heavy atom. The summed E-state index contributed by atoms with van der Waals surface area (Å²) in [7, 11) is 0. The first kappa shape index (κ1) is 15.0. The molecule has 1 aliphatic carbocycles. The first-order chi connectivity index (χ1) is 13.1. The van der Waals surface area contributed by atoms with Crippen molar-refractivity contribution in [2.24, 2.45) is 0 Å². The fourth-order valence-electron chi connectivity index (χ4n) is 5.01. The lowest BCUT2D eigenvalue weighted by Gasteiger charge is -2.22. The summed E-state index contributed by atoms with van der Waals surface area (Å²) in [4.78, 5) is 0. The molecule has 0 bridgehead atoms. The normalized spacial score (nSPS) is 14.6. The third kappa shape index (κ3) is 1.88. The van der Waals surface area contributed by atoms with Gasteiger partial charge in [-0.05, 0) is 66.7 Å². The maximum atomic E-state index is 2.45. The molecule has 27 heavy (non-hydrogen) atoms. The van der Waals surface area contributed by atoms with E-state index in [1.165, 1.54) is 54.6 Å². The second kappa shape index (κ2) is 4.98. The lowest BCUT2D eigenvalue weighted by atomic mass is 9.81. The fourth-order valence-corrected chi connectivity index (χ4v) is 5.01. The van der Waals surface area contributed by atoms with Gasteiger partial charge in [-0.15, -0.1) is 0 Å². The molecule has 0 saturated carbocycles. The monoisotopic (exact) mass is 344 g/mol. The van der Waals surface area contributed by atoms with E-state index in [0.717, 1.165) is 0 Å². The molecule has 0 N–H and O–H groups in total. The molecule has 0 unspecified atom stereocenters. The van der Waals surface area contributed by atoms with Crippen LogP contribution in [-0.4, -0.2) is 0 Å². The van der Waals surface area contributed by atoms with Crippen LogP contribution in [0.1, 0.15) is 25.0 Å². The molecule has 0 spiro atoms. The van der Waals surface area contributed by atoms with Crippen LogP contribution in [0.4, 0.5) is 0 Å². The highest BCUT2D eigenvalue weighted by Gasteiger charge is 2.36. The summed E-state index contributed by atoms with van der Waals surface area (Å²) in [5.74, 6) is 0. The maximum absolute atomic E-state index is 2.45. The molecule has 0 nitrogen and oxygen atoms in total. The lowest BCUT2D eigenvalue weighted by molar-refractivity contribution is 0.662. The SMILES string of the molecule is CC1(C)c2cc3c(ccc4ccccc43)cc2-c2c1ccc1ccccc21. The van der Waals surface area contributed by atoms with Gasteiger partial charge in [0.25, 0.3) is 0 Å². The minimum atomic E-state index is 0.0137. The average Bonchev–Trinajstić information content (AvgIpc) is 2.93. The largest absolute Gasteiger partial charge is 0.0616 e. The van der Waals surface area contributed by atoms with Crippen LogP contribution in [0.5, 0.6) is 0 Å². The molecule has 0 aliphatic heterocycles. The van der Waals surface area contributed by atoms with Gasteiger partial charge in [-0.2, -0.15) is 0 Å². The van der Waals surface area contributed by atoms with Crippen LogP contribution >= 0.6 is 0 Å². The van der Waals surface area contributed by atoms with E-state index in [1.54, 1.807) is 0 Å². The molecular formula is C27H20. The highest BCUT2D eigenvalue weighted by atomic mass is 14.4. The van der Waals surface area contributed by atoms with Crippen LogP contribution in [0, 0.1) is 0 Å². The van der Waals surface area contributed by atoms with Crippen molar-refractivity contribution < 1.29 is 0 Å². The predicted octanol–water partition coefficient (Wildman–Crippen LogP) is 7.45. The third-order valence-electron chi connectivity index (χ3n) is 6.43. The minimum absolute atomic E-state index is 0.0137. The smallest absolute Gasteiger partial charge is 0.0159 e. The van der Waals surface area contributed by atoms with E-state index in [2.05, 4.69) is 98.8 Å². The van der Waals surface area contributed by atoms with E-state index >= 15 is 0 Å². The summed E-state index contributed by atoms with van der Waals surface area (Å²) in [6.07, 6.45) is 0. The topological polar surface area (TPSA) is 0 Å². The number of rotatable bonds is 0. The summed E-state index contributed by atoms with van der Waals surface area (Å²) < 4.78 is 0. The predicted molar refractivity (Wildman–Crippen MR) is 117 cm³/mol. The molecule has 1 aliphatic rings. The van der Waals surface area contributed by atoms with Crippen LogP contribution in [0.25, 0.3) is 43.4 Å². The summed E-state index contributed by atoms with van der Waals surface area (Å²) in [6, 6.07) is 31.5. The molecule has 128 valence electrons. The summed E-state index contributed by atoms with van der Waals surface area (Å²) >= 11 is 0. The maximum Gasteiger partial charge on any atom is 0.0159 e. The van der Waals surface area contributed by atoms with Crippen LogP contribution in [0.2, 0.25) is 0 Å². The summed E-state index contributed by atoms with van der Waals surface area (Å²) in [5, 5.41) is 8.01. The van der Waals surface area contributed by atoms with Gasteiger partial charge in [-0.3, -0.25) is 0 Å². The van der Waals surface area contributed by atoms with E-state index < -0.39 is 0 Å². The van der Waals surface area contributed by atoms with Crippen molar-refractivity contribution in [3.63, 3.8) is 0 Å². The molecule has 0 saturated heterocycles. The van der Waals surface area contributed by atoms with E-state index in [9.17, 15) is 0 Å². The molecule has 5 aromatic rings. The van der Waals surface area contributed by atoms with Crippen LogP contribution in [-0.2, 0) is 5.41 Å². The van der Waals surface area contributed by atoms with Gasteiger partial charge in [0.1, 0.15) is 0 Å². The zero-order valence-electron chi connectivity index (χ0n) is 15.6. The average molecular weight is 344 g/mol. The van der Waals surface area contributed by atoms with E-state index in [0.29, 0.717) is 0 Å². The standard InChI is InChI=1S/C27H20/c1-27(2)24-14-13-18-8-4-6-10-21(18)26(24)23-15-19-12-11-17-7-3-5-9-20(17)22(19)16-25(23)27/h3-16H,1-2H3. The Hall–Kier alpha value is -3.12. The highest BCUT2D eigenvalue weighted by Crippen LogP contribution is 2.52. The lowest BCUT2D eigenvalue weighted by Crippen LogP contribution is -2.14. The van der Waals surface area contributed by atoms with E-state index in [1.807, 2.05) is 0 Å². The Labute approximate surface area is 159 Å². The van der Waals surface area contributed by atoms with Crippen LogP contribution < -0.4 is 0 Å². The first-order valence-corrected chi connectivity index (χ1v) is 9.63. The number of hydrogen-bond acceptors (Lipinski definition) is 0. The van der Waals surface area contributed by atoms with Gasteiger partial charge < -0.3 is 0 Å². The Morgan fingerprint density at radius 3 is 1.96 bits per heavy atom. The molecule has 0 aromatic heterocycles. The zero-order chi connectivity index (χ0) is 18.2. The Bertz CT molecular complexity index is 1390. The highest BCUT2D eigenvalue weighted by molar-refractivity contribution is 6.11. The molecule has 0 heteroatoms. The van der Waals surface area contributed by atoms with Crippen molar-refractivity contribution in [3.8, 4) is 11.1 Å². The third-order valence-corrected chi connectivity index (χ3v) is 6.43. The fraction of sp³-hybridized carbons (Fsp3) is 0.111. The van der Waals surface area contributed by atoms with Gasteiger partial charge in [0.2, 0.25) is 0 Å². The Kier molecular flexibility index (Phi) is 2.77. The van der Waals surface area contributed by atoms with Crippen LogP contribution in [0.3, 0.4) is 0 Å². The zero-order valence-corrected chi connectivity index (χ0v) is 15.6. The molecule has 0 radical (unpaired) electrons. The van der Waals surface area contributed by atoms with Gasteiger partial charge in [-0.1, -0.05) is 86.6 Å². The van der Waals surface area contributed by atoms with E-state index in [4.69, 9.17) is 0 Å². The van der Waals surface area contributed by atoms with Gasteiger partial charge >= 0.3 is 0 Å². The van der Waals surface area contributed by atoms with Crippen LogP contribution in [0.15, 0.2) is 84.9 Å². The molecule has 0 heterocycles. The molecule has 0 amide bonds. The Morgan fingerprint density at radius 1 is 0.519 bits per heavy atom. The van der Waals surface area contributed by atoms with Crippen molar-refractivity contribution in [2.75, 3.05) is 0 Å². The van der Waals surface area contributed by atoms with E-state index in [-0.39, 0.29) is 5.41 Å². The van der Waals surface area contributed by atoms with Crippen molar-refractivity contribution in [1.29, 1.82) is 0 Å². The van der Waals surface area contributed by atoms with Gasteiger partial charge in [0.15, 0.2) is 0 Å². The second-order valence-corrected chi connectivity index (χ2v) is 8.24. The van der Waals surface area contributed by atoms with Gasteiger partial charge in [0.05, 0.1) is 0 Å². The molecule has 0 fully saturated rings. The minimum Gasteiger partial charge on any atom is -0.0616 e. The quantitative estimate of drug-likeness (QED) is 0.256. The molecule has 0 atom stereocenters. The molecular weight excluding hydrogens is 324 g/mol. The summed E-state index contributed by atoms with van der Waals surface area (Å²) in [6.45, 7) is 4.73. The number of fused-ring (bicyclic) bond motifs is 8. The molecule has 5 aromatic carbocycles. The molecule has 6 rings (SSSR count). The first-order valence-electron chi connectivity index (χ1n) is 9.63. The van der Waals surface area contributed by atoms with Crippen molar-refractivity contribution >= 4 is 32.3 Å². The summed E-state index contributed by atoms with van der Waals surface area (Å²) in [5.41, 5.74) is 5.71. The van der Waals surface area contributed by atoms with Gasteiger partial charge in [0, 0.05) is 5.41 Å². The Balaban J connectivity index is 1.79. The van der Waals surface area contributed by atoms with Gasteiger partial charge in [-0.25, -0.2) is 0 Å². The number of hydrogen-bond donors (Lipinski definition) is 0. The second-order valence-electron chi connectivity index (χ2n) is 8.24. The van der Waals surface area contributed by atoms with Crippen molar-refractivity contribution in [2.45, 2.75) is 19.3 Å². The van der Waals surface area contributed by atoms with Crippen molar-refractivity contribution in [1.82, 2.24) is 0 Å². The van der Waals surface area contributed by atoms with Crippen molar-refractivity contribution in [3.05, 3.63) is 96.1 Å².